The minimum atomic E-state index is -0.525. The summed E-state index contributed by atoms with van der Waals surface area (Å²) in [5.41, 5.74) is 1.77. The van der Waals surface area contributed by atoms with Crippen molar-refractivity contribution in [3.8, 4) is 0 Å². The zero-order chi connectivity index (χ0) is 20.3. The summed E-state index contributed by atoms with van der Waals surface area (Å²) in [4.78, 5) is 12.8. The molecule has 0 heterocycles. The summed E-state index contributed by atoms with van der Waals surface area (Å²) in [7, 11) is 0. The highest BCUT2D eigenvalue weighted by Gasteiger charge is 2.29. The summed E-state index contributed by atoms with van der Waals surface area (Å²) < 4.78 is 5.80. The fraction of sp³-hybridized carbons (Fsp3) is 0.222. The Morgan fingerprint density at radius 1 is 0.793 bits per heavy atom. The van der Waals surface area contributed by atoms with Gasteiger partial charge in [-0.15, -0.1) is 0 Å². The number of ether oxygens (including phenoxy) is 1. The average Bonchev–Trinajstić information content (AvgIpc) is 2.76. The van der Waals surface area contributed by atoms with Gasteiger partial charge in [0.15, 0.2) is 0 Å². The fourth-order valence-electron chi connectivity index (χ4n) is 3.79. The third kappa shape index (κ3) is 4.17. The summed E-state index contributed by atoms with van der Waals surface area (Å²) in [5.74, 6) is -0.148. The van der Waals surface area contributed by atoms with Gasteiger partial charge in [0.05, 0.1) is 5.41 Å². The van der Waals surface area contributed by atoms with Gasteiger partial charge in [-0.1, -0.05) is 78.9 Å². The standard InChI is InChI=1S/C27H26O2/c1-27(2,17-16-20-10-4-3-5-11-20)26(28)29-19-22-18-21-12-6-7-13-23(21)25-15-9-8-14-24(22)25/h3-15,18H,16-17,19H2,1-2H3. The Kier molecular flexibility index (Phi) is 5.35. The molecule has 0 fully saturated rings. The Labute approximate surface area is 172 Å². The summed E-state index contributed by atoms with van der Waals surface area (Å²) >= 11 is 0. The zero-order valence-electron chi connectivity index (χ0n) is 17.0. The fourth-order valence-corrected chi connectivity index (χ4v) is 3.79. The van der Waals surface area contributed by atoms with Crippen molar-refractivity contribution in [2.45, 2.75) is 33.3 Å². The second kappa shape index (κ2) is 8.08. The Hall–Kier alpha value is -3.13. The molecule has 0 amide bonds. The van der Waals surface area contributed by atoms with Crippen molar-refractivity contribution in [1.29, 1.82) is 0 Å². The number of hydrogen-bond acceptors (Lipinski definition) is 2. The molecule has 0 saturated heterocycles. The van der Waals surface area contributed by atoms with Crippen LogP contribution in [0.25, 0.3) is 21.5 Å². The molecule has 0 aliphatic carbocycles. The number of carbonyl (C=O) groups is 1. The van der Waals surface area contributed by atoms with E-state index >= 15 is 0 Å². The molecule has 4 aromatic rings. The number of fused-ring (bicyclic) bond motifs is 3. The summed E-state index contributed by atoms with van der Waals surface area (Å²) in [5, 5.41) is 4.73. The number of aryl methyl sites for hydroxylation is 1. The molecule has 0 aromatic heterocycles. The lowest BCUT2D eigenvalue weighted by Gasteiger charge is -2.23. The van der Waals surface area contributed by atoms with Gasteiger partial charge in [-0.3, -0.25) is 4.79 Å². The first kappa shape index (κ1) is 19.2. The van der Waals surface area contributed by atoms with E-state index in [0.717, 1.165) is 23.8 Å². The molecule has 0 aliphatic rings. The summed E-state index contributed by atoms with van der Waals surface area (Å²) in [6.07, 6.45) is 1.62. The molecule has 146 valence electrons. The van der Waals surface area contributed by atoms with Crippen LogP contribution in [-0.4, -0.2) is 5.97 Å². The van der Waals surface area contributed by atoms with E-state index in [-0.39, 0.29) is 5.97 Å². The number of rotatable bonds is 6. The van der Waals surface area contributed by atoms with Gasteiger partial charge in [0.1, 0.15) is 6.61 Å². The summed E-state index contributed by atoms with van der Waals surface area (Å²) in [6.45, 7) is 4.23. The van der Waals surface area contributed by atoms with E-state index in [2.05, 4.69) is 54.6 Å². The third-order valence-corrected chi connectivity index (χ3v) is 5.65. The van der Waals surface area contributed by atoms with Crippen molar-refractivity contribution in [3.05, 3.63) is 96.1 Å². The van der Waals surface area contributed by atoms with Crippen LogP contribution in [0, 0.1) is 5.41 Å². The van der Waals surface area contributed by atoms with Gasteiger partial charge in [-0.05, 0) is 65.4 Å². The van der Waals surface area contributed by atoms with Gasteiger partial charge < -0.3 is 4.74 Å². The minimum Gasteiger partial charge on any atom is -0.460 e. The van der Waals surface area contributed by atoms with Crippen molar-refractivity contribution >= 4 is 27.5 Å². The summed E-state index contributed by atoms with van der Waals surface area (Å²) in [6, 6.07) is 29.1. The second-order valence-electron chi connectivity index (χ2n) is 8.25. The molecule has 0 N–H and O–H groups in total. The maximum atomic E-state index is 12.8. The van der Waals surface area contributed by atoms with Crippen LogP contribution in [0.3, 0.4) is 0 Å². The van der Waals surface area contributed by atoms with E-state index in [4.69, 9.17) is 4.74 Å². The molecule has 29 heavy (non-hydrogen) atoms. The van der Waals surface area contributed by atoms with Gasteiger partial charge in [-0.2, -0.15) is 0 Å². The van der Waals surface area contributed by atoms with Gasteiger partial charge in [0.2, 0.25) is 0 Å². The third-order valence-electron chi connectivity index (χ3n) is 5.65. The molecule has 0 aliphatic heterocycles. The van der Waals surface area contributed by atoms with Crippen LogP contribution in [0.1, 0.15) is 31.4 Å². The normalized spacial score (nSPS) is 11.7. The molecule has 0 unspecified atom stereocenters. The van der Waals surface area contributed by atoms with Crippen LogP contribution >= 0.6 is 0 Å². The molecule has 0 bridgehead atoms. The Bertz CT molecular complexity index is 1140. The van der Waals surface area contributed by atoms with Crippen LogP contribution in [0.15, 0.2) is 84.9 Å². The van der Waals surface area contributed by atoms with E-state index in [0.29, 0.717) is 6.61 Å². The van der Waals surface area contributed by atoms with Crippen molar-refractivity contribution in [2.24, 2.45) is 5.41 Å². The number of esters is 1. The predicted molar refractivity (Wildman–Crippen MR) is 120 cm³/mol. The molecule has 4 aromatic carbocycles. The number of benzene rings is 4. The molecule has 0 atom stereocenters. The van der Waals surface area contributed by atoms with E-state index in [1.54, 1.807) is 0 Å². The maximum Gasteiger partial charge on any atom is 0.311 e. The van der Waals surface area contributed by atoms with Gasteiger partial charge in [0, 0.05) is 0 Å². The van der Waals surface area contributed by atoms with E-state index < -0.39 is 5.41 Å². The van der Waals surface area contributed by atoms with E-state index in [1.807, 2.05) is 44.2 Å². The zero-order valence-corrected chi connectivity index (χ0v) is 17.0. The first-order valence-electron chi connectivity index (χ1n) is 10.2. The Morgan fingerprint density at radius 2 is 1.41 bits per heavy atom. The quantitative estimate of drug-likeness (QED) is 0.274. The molecular weight excluding hydrogens is 356 g/mol. The van der Waals surface area contributed by atoms with Crippen LogP contribution in [0.4, 0.5) is 0 Å². The van der Waals surface area contributed by atoms with E-state index in [1.165, 1.54) is 21.7 Å². The molecule has 0 saturated carbocycles. The minimum absolute atomic E-state index is 0.148. The lowest BCUT2D eigenvalue weighted by molar-refractivity contribution is -0.155. The average molecular weight is 383 g/mol. The van der Waals surface area contributed by atoms with Crippen LogP contribution in [0.2, 0.25) is 0 Å². The molecule has 0 spiro atoms. The largest absolute Gasteiger partial charge is 0.460 e. The molecule has 2 nitrogen and oxygen atoms in total. The Balaban J connectivity index is 1.52. The smallest absolute Gasteiger partial charge is 0.311 e. The van der Waals surface area contributed by atoms with Gasteiger partial charge in [0.25, 0.3) is 0 Å². The highest BCUT2D eigenvalue weighted by Crippen LogP contribution is 2.30. The highest BCUT2D eigenvalue weighted by molar-refractivity contribution is 6.08. The van der Waals surface area contributed by atoms with Crippen molar-refractivity contribution in [2.75, 3.05) is 0 Å². The number of carbonyl (C=O) groups excluding carboxylic acids is 1. The van der Waals surface area contributed by atoms with Crippen LogP contribution in [-0.2, 0) is 22.6 Å². The SMILES string of the molecule is CC(C)(CCc1ccccc1)C(=O)OCc1cc2ccccc2c2ccccc12. The second-order valence-corrected chi connectivity index (χ2v) is 8.25. The molecule has 0 radical (unpaired) electrons. The van der Waals surface area contributed by atoms with Gasteiger partial charge in [-0.25, -0.2) is 0 Å². The van der Waals surface area contributed by atoms with Crippen molar-refractivity contribution in [3.63, 3.8) is 0 Å². The predicted octanol–water partition coefficient (Wildman–Crippen LogP) is 6.70. The number of hydrogen-bond donors (Lipinski definition) is 0. The topological polar surface area (TPSA) is 26.3 Å². The molecule has 2 heteroatoms. The first-order valence-corrected chi connectivity index (χ1v) is 10.2. The Morgan fingerprint density at radius 3 is 2.17 bits per heavy atom. The lowest BCUT2D eigenvalue weighted by atomic mass is 9.86. The maximum absolute atomic E-state index is 12.8. The first-order chi connectivity index (χ1) is 14.0. The van der Waals surface area contributed by atoms with Crippen LogP contribution in [0.5, 0.6) is 0 Å². The van der Waals surface area contributed by atoms with E-state index in [9.17, 15) is 4.79 Å². The monoisotopic (exact) mass is 382 g/mol. The van der Waals surface area contributed by atoms with Crippen LogP contribution < -0.4 is 0 Å². The van der Waals surface area contributed by atoms with Gasteiger partial charge >= 0.3 is 5.97 Å². The molecular formula is C27H26O2. The lowest BCUT2D eigenvalue weighted by Crippen LogP contribution is -2.27. The van der Waals surface area contributed by atoms with Crippen molar-refractivity contribution in [1.82, 2.24) is 0 Å². The molecule has 4 rings (SSSR count). The highest BCUT2D eigenvalue weighted by atomic mass is 16.5. The van der Waals surface area contributed by atoms with Crippen molar-refractivity contribution < 1.29 is 9.53 Å².